The Labute approximate surface area is 185 Å². The van der Waals surface area contributed by atoms with Crippen molar-refractivity contribution in [3.8, 4) is 23.2 Å². The van der Waals surface area contributed by atoms with Crippen LogP contribution in [0.5, 0.6) is 17.4 Å². The van der Waals surface area contributed by atoms with E-state index in [-0.39, 0.29) is 4.90 Å². The summed E-state index contributed by atoms with van der Waals surface area (Å²) in [6, 6.07) is 18.0. The van der Waals surface area contributed by atoms with Gasteiger partial charge in [0.15, 0.2) is 5.82 Å². The maximum absolute atomic E-state index is 12.5. The highest BCUT2D eigenvalue weighted by Gasteiger charge is 2.14. The zero-order valence-electron chi connectivity index (χ0n) is 17.7. The first-order valence-electron chi connectivity index (χ1n) is 9.66. The second kappa shape index (κ2) is 8.67. The van der Waals surface area contributed by atoms with E-state index in [4.69, 9.17) is 9.47 Å². The molecule has 0 saturated carbocycles. The summed E-state index contributed by atoms with van der Waals surface area (Å²) in [5.41, 5.74) is 2.25. The molecule has 32 heavy (non-hydrogen) atoms. The van der Waals surface area contributed by atoms with Gasteiger partial charge < -0.3 is 9.47 Å². The summed E-state index contributed by atoms with van der Waals surface area (Å²) in [7, 11) is -2.20. The summed E-state index contributed by atoms with van der Waals surface area (Å²) in [5, 5.41) is 12.6. The minimum atomic E-state index is -3.72. The molecule has 0 amide bonds. The van der Waals surface area contributed by atoms with E-state index in [1.54, 1.807) is 53.2 Å². The largest absolute Gasteiger partial charge is 0.497 e. The van der Waals surface area contributed by atoms with Crippen molar-refractivity contribution >= 4 is 15.7 Å². The molecule has 0 unspecified atom stereocenters. The van der Waals surface area contributed by atoms with Gasteiger partial charge in [0.05, 0.1) is 17.7 Å². The van der Waals surface area contributed by atoms with Gasteiger partial charge in [-0.2, -0.15) is 5.10 Å². The zero-order valence-corrected chi connectivity index (χ0v) is 18.5. The Balaban J connectivity index is 1.43. The van der Waals surface area contributed by atoms with Crippen LogP contribution in [0.2, 0.25) is 0 Å². The van der Waals surface area contributed by atoms with Crippen LogP contribution in [-0.4, -0.2) is 35.5 Å². The quantitative estimate of drug-likeness (QED) is 0.454. The van der Waals surface area contributed by atoms with Gasteiger partial charge >= 0.3 is 0 Å². The molecule has 2 aromatic carbocycles. The normalized spacial score (nSPS) is 11.2. The summed E-state index contributed by atoms with van der Waals surface area (Å²) < 4.78 is 40.1. The number of nitrogens with zero attached hydrogens (tertiary/aromatic N) is 4. The molecule has 4 rings (SSSR count). The minimum absolute atomic E-state index is 0.136. The zero-order chi connectivity index (χ0) is 22.7. The van der Waals surface area contributed by atoms with Crippen LogP contribution in [0, 0.1) is 13.8 Å². The molecule has 0 radical (unpaired) electrons. The first kappa shape index (κ1) is 21.3. The number of nitrogens with one attached hydrogen (secondary N) is 1. The van der Waals surface area contributed by atoms with Crippen molar-refractivity contribution in [3.63, 3.8) is 0 Å². The molecule has 0 saturated heterocycles. The summed E-state index contributed by atoms with van der Waals surface area (Å²) in [5.74, 6) is 1.97. The number of aromatic nitrogens is 4. The van der Waals surface area contributed by atoms with Gasteiger partial charge in [-0.3, -0.25) is 4.72 Å². The van der Waals surface area contributed by atoms with Gasteiger partial charge in [0.2, 0.25) is 5.88 Å². The maximum Gasteiger partial charge on any atom is 0.261 e. The van der Waals surface area contributed by atoms with Crippen LogP contribution in [0.4, 0.5) is 5.69 Å². The van der Waals surface area contributed by atoms with Crippen molar-refractivity contribution in [2.24, 2.45) is 0 Å². The van der Waals surface area contributed by atoms with Gasteiger partial charge in [-0.1, -0.05) is 0 Å². The molecule has 0 aliphatic carbocycles. The van der Waals surface area contributed by atoms with E-state index < -0.39 is 10.0 Å². The average molecular weight is 452 g/mol. The molecule has 0 aliphatic heterocycles. The third-order valence-electron chi connectivity index (χ3n) is 4.55. The van der Waals surface area contributed by atoms with E-state index in [2.05, 4.69) is 20.0 Å². The number of methoxy groups -OCH3 is 1. The van der Waals surface area contributed by atoms with Crippen molar-refractivity contribution in [2.45, 2.75) is 18.7 Å². The average Bonchev–Trinajstić information content (AvgIpc) is 3.13. The molecule has 0 bridgehead atoms. The summed E-state index contributed by atoms with van der Waals surface area (Å²) in [6.07, 6.45) is 0. The fraction of sp³-hybridized carbons (Fsp3) is 0.136. The highest BCUT2D eigenvalue weighted by Crippen LogP contribution is 2.24. The molecular formula is C22H21N5O4S. The molecule has 0 fully saturated rings. The number of hydrogen-bond donors (Lipinski definition) is 1. The molecule has 4 aromatic rings. The maximum atomic E-state index is 12.5. The predicted molar refractivity (Wildman–Crippen MR) is 119 cm³/mol. The van der Waals surface area contributed by atoms with E-state index in [1.165, 1.54) is 19.2 Å². The van der Waals surface area contributed by atoms with Crippen LogP contribution in [0.25, 0.3) is 5.82 Å². The Morgan fingerprint density at radius 1 is 0.875 bits per heavy atom. The van der Waals surface area contributed by atoms with Gasteiger partial charge in [-0.25, -0.2) is 13.1 Å². The lowest BCUT2D eigenvalue weighted by atomic mass is 10.3. The fourth-order valence-electron chi connectivity index (χ4n) is 3.02. The minimum Gasteiger partial charge on any atom is -0.497 e. The van der Waals surface area contributed by atoms with Gasteiger partial charge in [0, 0.05) is 17.4 Å². The van der Waals surface area contributed by atoms with Crippen molar-refractivity contribution in [1.29, 1.82) is 0 Å². The Hall–Kier alpha value is -3.92. The Bertz CT molecular complexity index is 1320. The van der Waals surface area contributed by atoms with E-state index >= 15 is 0 Å². The molecule has 2 heterocycles. The Morgan fingerprint density at radius 2 is 1.56 bits per heavy atom. The van der Waals surface area contributed by atoms with Gasteiger partial charge in [-0.15, -0.1) is 10.2 Å². The summed E-state index contributed by atoms with van der Waals surface area (Å²) in [6.45, 7) is 3.85. The highest BCUT2D eigenvalue weighted by atomic mass is 32.2. The van der Waals surface area contributed by atoms with Crippen LogP contribution >= 0.6 is 0 Å². The van der Waals surface area contributed by atoms with E-state index in [0.29, 0.717) is 28.9 Å². The van der Waals surface area contributed by atoms with Crippen LogP contribution in [0.3, 0.4) is 0 Å². The molecule has 0 atom stereocenters. The predicted octanol–water partition coefficient (Wildman–Crippen LogP) is 3.88. The molecule has 164 valence electrons. The van der Waals surface area contributed by atoms with Gasteiger partial charge in [0.1, 0.15) is 11.5 Å². The first-order chi connectivity index (χ1) is 15.3. The molecule has 2 aromatic heterocycles. The SMILES string of the molecule is COc1ccc(S(=O)(=O)Nc2ccc(Oc3ccc(-n4nc(C)cc4C)nn3)cc2)cc1. The lowest BCUT2D eigenvalue weighted by Crippen LogP contribution is -2.12. The van der Waals surface area contributed by atoms with Gasteiger partial charge in [0.25, 0.3) is 10.0 Å². The molecule has 10 heteroatoms. The lowest BCUT2D eigenvalue weighted by Gasteiger charge is -2.10. The van der Waals surface area contributed by atoms with E-state index in [0.717, 1.165) is 11.4 Å². The molecule has 0 aliphatic rings. The van der Waals surface area contributed by atoms with Gasteiger partial charge in [-0.05, 0) is 74.5 Å². The Kier molecular flexibility index (Phi) is 5.78. The summed E-state index contributed by atoms with van der Waals surface area (Å²) >= 11 is 0. The number of rotatable bonds is 7. The topological polar surface area (TPSA) is 108 Å². The number of hydrogen-bond acceptors (Lipinski definition) is 7. The van der Waals surface area contributed by atoms with Crippen LogP contribution in [0.1, 0.15) is 11.4 Å². The van der Waals surface area contributed by atoms with Crippen LogP contribution in [-0.2, 0) is 10.0 Å². The standard InChI is InChI=1S/C22H21N5O4S/c1-15-14-16(2)27(25-15)21-12-13-22(24-23-21)31-19-6-4-17(5-7-19)26-32(28,29)20-10-8-18(30-3)9-11-20/h4-14,26H,1-3H3. The number of aryl methyl sites for hydroxylation is 2. The van der Waals surface area contributed by atoms with E-state index in [1.807, 2.05) is 19.9 Å². The van der Waals surface area contributed by atoms with Crippen molar-refractivity contribution in [2.75, 3.05) is 11.8 Å². The van der Waals surface area contributed by atoms with Crippen molar-refractivity contribution in [1.82, 2.24) is 20.0 Å². The number of ether oxygens (including phenoxy) is 2. The van der Waals surface area contributed by atoms with Crippen molar-refractivity contribution < 1.29 is 17.9 Å². The Morgan fingerprint density at radius 3 is 2.12 bits per heavy atom. The van der Waals surface area contributed by atoms with Crippen molar-refractivity contribution in [3.05, 3.63) is 78.1 Å². The molecule has 1 N–H and O–H groups in total. The monoisotopic (exact) mass is 451 g/mol. The fourth-order valence-corrected chi connectivity index (χ4v) is 4.08. The summed E-state index contributed by atoms with van der Waals surface area (Å²) in [4.78, 5) is 0.136. The van der Waals surface area contributed by atoms with E-state index in [9.17, 15) is 8.42 Å². The number of sulfonamides is 1. The molecular weight excluding hydrogens is 430 g/mol. The number of anilines is 1. The first-order valence-corrected chi connectivity index (χ1v) is 11.1. The molecule has 0 spiro atoms. The second-order valence-corrected chi connectivity index (χ2v) is 8.66. The number of benzene rings is 2. The second-order valence-electron chi connectivity index (χ2n) is 6.98. The highest BCUT2D eigenvalue weighted by molar-refractivity contribution is 7.92. The third-order valence-corrected chi connectivity index (χ3v) is 5.95. The van der Waals surface area contributed by atoms with Crippen LogP contribution in [0.15, 0.2) is 71.6 Å². The smallest absolute Gasteiger partial charge is 0.261 e. The molecule has 9 nitrogen and oxygen atoms in total. The lowest BCUT2D eigenvalue weighted by molar-refractivity contribution is 0.414. The van der Waals surface area contributed by atoms with Crippen LogP contribution < -0.4 is 14.2 Å². The third kappa shape index (κ3) is 4.70.